The molecule has 1 aliphatic carbocycles. The fraction of sp³-hybridized carbons (Fsp3) is 0.286. The number of amides is 1. The van der Waals surface area contributed by atoms with Crippen molar-refractivity contribution in [1.29, 1.82) is 0 Å². The molecule has 2 aliphatic rings. The zero-order valence-corrected chi connectivity index (χ0v) is 15.8. The third-order valence-corrected chi connectivity index (χ3v) is 4.73. The Morgan fingerprint density at radius 1 is 1.29 bits per heavy atom. The van der Waals surface area contributed by atoms with Gasteiger partial charge < -0.3 is 15.0 Å². The van der Waals surface area contributed by atoms with Gasteiger partial charge in [-0.1, -0.05) is 12.1 Å². The maximum Gasteiger partial charge on any atom is 0.256 e. The largest absolute Gasteiger partial charge is 0.490 e. The molecule has 1 aromatic carbocycles. The number of carbonyl (C=O) groups is 1. The molecule has 0 saturated heterocycles. The number of halogens is 1. The van der Waals surface area contributed by atoms with Crippen LogP contribution in [0.2, 0.25) is 0 Å². The highest BCUT2D eigenvalue weighted by molar-refractivity contribution is 6.04. The molecule has 6 nitrogen and oxygen atoms in total. The zero-order chi connectivity index (χ0) is 19.7. The average molecular weight is 380 g/mol. The Kier molecular flexibility index (Phi) is 4.81. The van der Waals surface area contributed by atoms with Gasteiger partial charge in [-0.25, -0.2) is 14.4 Å². The maximum absolute atomic E-state index is 14.6. The second-order valence-corrected chi connectivity index (χ2v) is 7.04. The fourth-order valence-electron chi connectivity index (χ4n) is 2.81. The van der Waals surface area contributed by atoms with Gasteiger partial charge in [0.25, 0.3) is 5.91 Å². The quantitative estimate of drug-likeness (QED) is 0.860. The number of hydrogen-bond acceptors (Lipinski definition) is 5. The van der Waals surface area contributed by atoms with Gasteiger partial charge in [0.2, 0.25) is 0 Å². The summed E-state index contributed by atoms with van der Waals surface area (Å²) in [5, 5.41) is 2.53. The van der Waals surface area contributed by atoms with Crippen LogP contribution in [0.3, 0.4) is 0 Å². The predicted octanol–water partition coefficient (Wildman–Crippen LogP) is 3.62. The number of ether oxygens (including phenoxy) is 1. The number of benzene rings is 1. The van der Waals surface area contributed by atoms with Gasteiger partial charge >= 0.3 is 0 Å². The average Bonchev–Trinajstić information content (AvgIpc) is 3.49. The first-order valence-corrected chi connectivity index (χ1v) is 9.18. The van der Waals surface area contributed by atoms with Crippen LogP contribution in [0.25, 0.3) is 11.1 Å². The highest BCUT2D eigenvalue weighted by atomic mass is 19.1. The van der Waals surface area contributed by atoms with E-state index in [1.807, 2.05) is 43.1 Å². The van der Waals surface area contributed by atoms with Crippen molar-refractivity contribution in [2.24, 2.45) is 4.99 Å². The molecule has 1 N–H and O–H groups in total. The molecular weight excluding hydrogens is 359 g/mol. The summed E-state index contributed by atoms with van der Waals surface area (Å²) in [6.45, 7) is 2.27. The van der Waals surface area contributed by atoms with E-state index in [9.17, 15) is 9.18 Å². The van der Waals surface area contributed by atoms with E-state index in [1.165, 1.54) is 12.3 Å². The number of carbonyl (C=O) groups excluding carboxylic acids is 1. The first kappa shape index (κ1) is 18.2. The minimum atomic E-state index is -0.594. The molecule has 1 amide bonds. The van der Waals surface area contributed by atoms with Crippen LogP contribution < -0.4 is 10.1 Å². The predicted molar refractivity (Wildman–Crippen MR) is 106 cm³/mol. The number of likely N-dealkylation sites (N-methyl/N-ethyl adjacent to an activating group) is 1. The van der Waals surface area contributed by atoms with Crippen LogP contribution in [0.15, 0.2) is 53.3 Å². The Labute approximate surface area is 162 Å². The molecule has 0 radical (unpaired) electrons. The number of rotatable bonds is 5. The molecule has 1 fully saturated rings. The van der Waals surface area contributed by atoms with Gasteiger partial charge in [-0.2, -0.15) is 0 Å². The summed E-state index contributed by atoms with van der Waals surface area (Å²) in [5.41, 5.74) is 1.88. The lowest BCUT2D eigenvalue weighted by atomic mass is 10.1. The van der Waals surface area contributed by atoms with Crippen molar-refractivity contribution in [3.8, 4) is 16.9 Å². The highest BCUT2D eigenvalue weighted by Crippen LogP contribution is 2.30. The van der Waals surface area contributed by atoms with Crippen LogP contribution in [0, 0.1) is 5.82 Å². The van der Waals surface area contributed by atoms with Crippen LogP contribution in [0.4, 0.5) is 10.2 Å². The van der Waals surface area contributed by atoms with Gasteiger partial charge in [0, 0.05) is 25.0 Å². The van der Waals surface area contributed by atoms with Gasteiger partial charge in [-0.15, -0.1) is 0 Å². The Morgan fingerprint density at radius 2 is 2.11 bits per heavy atom. The first-order valence-electron chi connectivity index (χ1n) is 9.18. The molecule has 4 rings (SSSR count). The number of nitrogens with one attached hydrogen (secondary N) is 1. The Balaban J connectivity index is 1.49. The number of pyridine rings is 1. The highest BCUT2D eigenvalue weighted by Gasteiger charge is 2.23. The Hall–Kier alpha value is -3.22. The molecule has 0 unspecified atom stereocenters. The van der Waals surface area contributed by atoms with Gasteiger partial charge in [-0.3, -0.25) is 4.79 Å². The van der Waals surface area contributed by atoms with E-state index in [2.05, 4.69) is 15.3 Å². The molecule has 0 bridgehead atoms. The van der Waals surface area contributed by atoms with Gasteiger partial charge in [0.1, 0.15) is 11.6 Å². The Bertz CT molecular complexity index is 982. The fourth-order valence-corrected chi connectivity index (χ4v) is 2.81. The number of aliphatic imine (C=N–C) groups is 1. The molecule has 0 atom stereocenters. The smallest absolute Gasteiger partial charge is 0.256 e. The van der Waals surface area contributed by atoms with Crippen molar-refractivity contribution in [3.63, 3.8) is 0 Å². The van der Waals surface area contributed by atoms with E-state index in [4.69, 9.17) is 4.74 Å². The van der Waals surface area contributed by atoms with Crippen molar-refractivity contribution >= 4 is 17.6 Å². The number of amidine groups is 1. The molecular formula is C21H21FN4O2. The zero-order valence-electron chi connectivity index (χ0n) is 15.8. The lowest BCUT2D eigenvalue weighted by Gasteiger charge is -2.22. The maximum atomic E-state index is 14.6. The summed E-state index contributed by atoms with van der Waals surface area (Å²) in [7, 11) is 1.84. The van der Waals surface area contributed by atoms with Gasteiger partial charge in [0.15, 0.2) is 11.6 Å². The van der Waals surface area contributed by atoms with Crippen molar-refractivity contribution in [2.75, 3.05) is 18.9 Å². The van der Waals surface area contributed by atoms with E-state index in [1.54, 1.807) is 6.20 Å². The van der Waals surface area contributed by atoms with Crippen LogP contribution in [-0.2, 0) is 4.79 Å². The summed E-state index contributed by atoms with van der Waals surface area (Å²) in [4.78, 5) is 22.5. The monoisotopic (exact) mass is 380 g/mol. The van der Waals surface area contributed by atoms with E-state index < -0.39 is 11.7 Å². The van der Waals surface area contributed by atoms with E-state index in [0.717, 1.165) is 30.0 Å². The number of anilines is 1. The second kappa shape index (κ2) is 7.42. The van der Waals surface area contributed by atoms with E-state index in [-0.39, 0.29) is 5.82 Å². The standard InChI is InChI=1S/C21H21FN4O2/c1-13-23-11-16(12-26(13)2)21(27)25-20-19(22)9-15(10-24-20)14-4-3-5-18(8-14)28-17-6-7-17/h3-5,8-11,17H,6-7,12H2,1-2H3,(H,24,25,27). The Morgan fingerprint density at radius 3 is 2.82 bits per heavy atom. The first-order chi connectivity index (χ1) is 13.5. The van der Waals surface area contributed by atoms with Crippen molar-refractivity contribution < 1.29 is 13.9 Å². The van der Waals surface area contributed by atoms with Crippen LogP contribution in [-0.4, -0.2) is 41.3 Å². The lowest BCUT2D eigenvalue weighted by molar-refractivity contribution is -0.113. The molecule has 1 aliphatic heterocycles. The summed E-state index contributed by atoms with van der Waals surface area (Å²) in [6.07, 6.45) is 5.49. The van der Waals surface area contributed by atoms with E-state index >= 15 is 0 Å². The minimum Gasteiger partial charge on any atom is -0.490 e. The summed E-state index contributed by atoms with van der Waals surface area (Å²) >= 11 is 0. The molecule has 1 aromatic heterocycles. The number of aromatic nitrogens is 1. The van der Waals surface area contributed by atoms with Crippen molar-refractivity contribution in [1.82, 2.24) is 9.88 Å². The normalized spacial score (nSPS) is 16.3. The van der Waals surface area contributed by atoms with Crippen LogP contribution >= 0.6 is 0 Å². The third kappa shape index (κ3) is 4.03. The second-order valence-electron chi connectivity index (χ2n) is 7.04. The van der Waals surface area contributed by atoms with Crippen LogP contribution in [0.5, 0.6) is 5.75 Å². The van der Waals surface area contributed by atoms with E-state index in [0.29, 0.717) is 23.8 Å². The summed E-state index contributed by atoms with van der Waals surface area (Å²) in [5.74, 6) is 0.472. The lowest BCUT2D eigenvalue weighted by Crippen LogP contribution is -2.33. The third-order valence-electron chi connectivity index (χ3n) is 4.73. The minimum absolute atomic E-state index is 0.103. The SMILES string of the molecule is CC1=NC=C(C(=O)Nc2ncc(-c3cccc(OC4CC4)c3)cc2F)CN1C. The van der Waals surface area contributed by atoms with Gasteiger partial charge in [-0.05, 0) is 43.5 Å². The molecule has 28 heavy (non-hydrogen) atoms. The molecule has 1 saturated carbocycles. The summed E-state index contributed by atoms with van der Waals surface area (Å²) in [6, 6.07) is 8.87. The van der Waals surface area contributed by atoms with Crippen LogP contribution in [0.1, 0.15) is 19.8 Å². The molecule has 144 valence electrons. The molecule has 7 heteroatoms. The van der Waals surface area contributed by atoms with Crippen molar-refractivity contribution in [3.05, 3.63) is 54.1 Å². The van der Waals surface area contributed by atoms with Gasteiger partial charge in [0.05, 0.1) is 18.2 Å². The molecule has 2 aromatic rings. The molecule has 0 spiro atoms. The summed E-state index contributed by atoms with van der Waals surface area (Å²) < 4.78 is 20.3. The van der Waals surface area contributed by atoms with Crippen molar-refractivity contribution in [2.45, 2.75) is 25.9 Å². The number of hydrogen-bond donors (Lipinski definition) is 1. The molecule has 2 heterocycles. The number of nitrogens with zero attached hydrogens (tertiary/aromatic N) is 3. The topological polar surface area (TPSA) is 66.8 Å².